The van der Waals surface area contributed by atoms with Crippen LogP contribution in [-0.2, 0) is 0 Å². The van der Waals surface area contributed by atoms with Crippen molar-refractivity contribution in [2.45, 2.75) is 0 Å². The first-order chi connectivity index (χ1) is 29.8. The van der Waals surface area contributed by atoms with Gasteiger partial charge < -0.3 is 8.83 Å². The van der Waals surface area contributed by atoms with Crippen LogP contribution in [-0.4, -0.2) is 0 Å². The van der Waals surface area contributed by atoms with E-state index in [-0.39, 0.29) is 0 Å². The molecule has 2 heteroatoms. The average molecular weight is 763 g/mol. The first-order valence-corrected chi connectivity index (χ1v) is 20.6. The van der Waals surface area contributed by atoms with Gasteiger partial charge in [0.15, 0.2) is 0 Å². The SMILES string of the molecule is c1ccc(-c2ccc(-c3c4cccc(-c5cccc6ccc7oc8ccccc8c7c56)c4cc4c(-c5cccc6ccc7oc8ccccc8c7c56)cccc34)cc2)cc1. The van der Waals surface area contributed by atoms with E-state index >= 15 is 0 Å². The first kappa shape index (κ1) is 33.1. The van der Waals surface area contributed by atoms with E-state index in [1.165, 1.54) is 87.6 Å². The largest absolute Gasteiger partial charge is 0.456 e. The maximum absolute atomic E-state index is 6.46. The third-order valence-electron chi connectivity index (χ3n) is 12.7. The Bertz CT molecular complexity index is 3650. The maximum Gasteiger partial charge on any atom is 0.136 e. The van der Waals surface area contributed by atoms with Gasteiger partial charge in [0.2, 0.25) is 0 Å². The summed E-state index contributed by atoms with van der Waals surface area (Å²) < 4.78 is 12.9. The summed E-state index contributed by atoms with van der Waals surface area (Å²) in [7, 11) is 0. The lowest BCUT2D eigenvalue weighted by Crippen LogP contribution is -1.92. The number of hydrogen-bond acceptors (Lipinski definition) is 2. The Kier molecular flexibility index (Phi) is 7.05. The van der Waals surface area contributed by atoms with Crippen LogP contribution in [0.25, 0.3) is 131 Å². The summed E-state index contributed by atoms with van der Waals surface area (Å²) in [5.41, 5.74) is 13.2. The molecular formula is C58H34O2. The number of hydrogen-bond donors (Lipinski definition) is 0. The zero-order valence-corrected chi connectivity index (χ0v) is 32.4. The summed E-state index contributed by atoms with van der Waals surface area (Å²) in [5, 5.41) is 14.2. The van der Waals surface area contributed by atoms with Crippen LogP contribution in [0.2, 0.25) is 0 Å². The van der Waals surface area contributed by atoms with Gasteiger partial charge in [-0.25, -0.2) is 0 Å². The van der Waals surface area contributed by atoms with Gasteiger partial charge in [-0.1, -0.05) is 176 Å². The molecule has 0 atom stereocenters. The smallest absolute Gasteiger partial charge is 0.136 e. The molecule has 0 aliphatic rings. The third kappa shape index (κ3) is 4.82. The zero-order chi connectivity index (χ0) is 39.3. The summed E-state index contributed by atoms with van der Waals surface area (Å²) in [4.78, 5) is 0. The minimum Gasteiger partial charge on any atom is -0.456 e. The molecule has 0 saturated heterocycles. The van der Waals surface area contributed by atoms with Crippen LogP contribution in [0.4, 0.5) is 0 Å². The average Bonchev–Trinajstić information content (AvgIpc) is 3.89. The van der Waals surface area contributed by atoms with E-state index in [1.807, 2.05) is 12.1 Å². The molecule has 11 aromatic carbocycles. The second kappa shape index (κ2) is 12.8. The summed E-state index contributed by atoms with van der Waals surface area (Å²) in [6.07, 6.45) is 0. The predicted molar refractivity (Wildman–Crippen MR) is 253 cm³/mol. The molecule has 0 bridgehead atoms. The maximum atomic E-state index is 6.46. The van der Waals surface area contributed by atoms with Crippen molar-refractivity contribution < 1.29 is 8.83 Å². The van der Waals surface area contributed by atoms with Crippen molar-refractivity contribution in [3.8, 4) is 44.5 Å². The topological polar surface area (TPSA) is 26.3 Å². The second-order valence-electron chi connectivity index (χ2n) is 15.9. The number of rotatable bonds is 4. The van der Waals surface area contributed by atoms with Crippen molar-refractivity contribution in [3.05, 3.63) is 206 Å². The Balaban J connectivity index is 1.16. The Morgan fingerprint density at radius 1 is 0.233 bits per heavy atom. The molecule has 13 aromatic rings. The van der Waals surface area contributed by atoms with Crippen LogP contribution in [0.15, 0.2) is 215 Å². The van der Waals surface area contributed by atoms with E-state index in [0.717, 1.165) is 43.9 Å². The zero-order valence-electron chi connectivity index (χ0n) is 32.4. The monoisotopic (exact) mass is 762 g/mol. The molecule has 0 aliphatic heterocycles. The lowest BCUT2D eigenvalue weighted by molar-refractivity contribution is 0.669. The van der Waals surface area contributed by atoms with Gasteiger partial charge in [0.25, 0.3) is 0 Å². The molecule has 2 aromatic heterocycles. The van der Waals surface area contributed by atoms with Crippen LogP contribution in [0.1, 0.15) is 0 Å². The van der Waals surface area contributed by atoms with Crippen LogP contribution in [0.3, 0.4) is 0 Å². The van der Waals surface area contributed by atoms with Crippen molar-refractivity contribution in [2.75, 3.05) is 0 Å². The van der Waals surface area contributed by atoms with Gasteiger partial charge in [-0.2, -0.15) is 0 Å². The van der Waals surface area contributed by atoms with E-state index in [4.69, 9.17) is 8.83 Å². The Morgan fingerprint density at radius 2 is 0.667 bits per heavy atom. The molecule has 0 N–H and O–H groups in total. The van der Waals surface area contributed by atoms with Crippen molar-refractivity contribution in [2.24, 2.45) is 0 Å². The molecule has 0 saturated carbocycles. The van der Waals surface area contributed by atoms with Crippen molar-refractivity contribution in [1.29, 1.82) is 0 Å². The highest BCUT2D eigenvalue weighted by molar-refractivity contribution is 6.28. The molecule has 2 nitrogen and oxygen atoms in total. The second-order valence-corrected chi connectivity index (χ2v) is 15.9. The molecular weight excluding hydrogens is 729 g/mol. The fraction of sp³-hybridized carbons (Fsp3) is 0. The normalized spacial score (nSPS) is 12.0. The molecule has 0 amide bonds. The van der Waals surface area contributed by atoms with Gasteiger partial charge in [0.05, 0.1) is 0 Å². The number of furan rings is 2. The fourth-order valence-electron chi connectivity index (χ4n) is 10.0. The van der Waals surface area contributed by atoms with Crippen LogP contribution >= 0.6 is 0 Å². The number of benzene rings is 11. The molecule has 13 rings (SSSR count). The first-order valence-electron chi connectivity index (χ1n) is 20.6. The summed E-state index contributed by atoms with van der Waals surface area (Å²) in [6.45, 7) is 0. The van der Waals surface area contributed by atoms with Gasteiger partial charge >= 0.3 is 0 Å². The van der Waals surface area contributed by atoms with E-state index in [9.17, 15) is 0 Å². The van der Waals surface area contributed by atoms with E-state index in [2.05, 4.69) is 194 Å². The Labute approximate surface area is 345 Å². The van der Waals surface area contributed by atoms with Crippen molar-refractivity contribution in [1.82, 2.24) is 0 Å². The molecule has 2 heterocycles. The molecule has 60 heavy (non-hydrogen) atoms. The molecule has 278 valence electrons. The van der Waals surface area contributed by atoms with E-state index < -0.39 is 0 Å². The molecule has 0 fully saturated rings. The predicted octanol–water partition coefficient (Wildman–Crippen LogP) is 16.8. The lowest BCUT2D eigenvalue weighted by Gasteiger charge is -2.19. The van der Waals surface area contributed by atoms with Crippen LogP contribution in [0, 0.1) is 0 Å². The molecule has 0 unspecified atom stereocenters. The number of fused-ring (bicyclic) bond motifs is 12. The molecule has 0 aliphatic carbocycles. The molecule has 0 radical (unpaired) electrons. The van der Waals surface area contributed by atoms with Gasteiger partial charge in [-0.3, -0.25) is 0 Å². The highest BCUT2D eigenvalue weighted by Crippen LogP contribution is 2.48. The highest BCUT2D eigenvalue weighted by atomic mass is 16.3. The highest BCUT2D eigenvalue weighted by Gasteiger charge is 2.21. The Morgan fingerprint density at radius 3 is 1.22 bits per heavy atom. The van der Waals surface area contributed by atoms with Gasteiger partial charge in [-0.15, -0.1) is 0 Å². The lowest BCUT2D eigenvalue weighted by atomic mass is 9.84. The summed E-state index contributed by atoms with van der Waals surface area (Å²) in [5.74, 6) is 0. The standard InChI is InChI=1S/C58H34O2/c1-2-12-35(13-3-1)36-26-28-39(29-27-36)54-44-22-10-18-40(42-20-8-14-37-30-32-52-57(55(37)42)46-16-4-6-24-50(46)59-52)48(44)34-49-41(19-11-23-45(49)54)43-21-9-15-38-31-33-53-58(56(38)43)47-17-5-7-25-51(47)60-53/h1-34H. The van der Waals surface area contributed by atoms with Crippen LogP contribution < -0.4 is 0 Å². The summed E-state index contributed by atoms with van der Waals surface area (Å²) >= 11 is 0. The van der Waals surface area contributed by atoms with Crippen LogP contribution in [0.5, 0.6) is 0 Å². The van der Waals surface area contributed by atoms with E-state index in [1.54, 1.807) is 0 Å². The van der Waals surface area contributed by atoms with Gasteiger partial charge in [-0.05, 0) is 107 Å². The molecule has 0 spiro atoms. The van der Waals surface area contributed by atoms with Crippen molar-refractivity contribution in [3.63, 3.8) is 0 Å². The Hall–Kier alpha value is -7.94. The fourth-order valence-corrected chi connectivity index (χ4v) is 10.0. The summed E-state index contributed by atoms with van der Waals surface area (Å²) in [6, 6.07) is 74.7. The number of para-hydroxylation sites is 2. The van der Waals surface area contributed by atoms with E-state index in [0.29, 0.717) is 0 Å². The van der Waals surface area contributed by atoms with Crippen molar-refractivity contribution >= 4 is 87.0 Å². The van der Waals surface area contributed by atoms with Gasteiger partial charge in [0, 0.05) is 32.3 Å². The van der Waals surface area contributed by atoms with Gasteiger partial charge in [0.1, 0.15) is 22.3 Å². The minimum absolute atomic E-state index is 0.900. The minimum atomic E-state index is 0.900. The third-order valence-corrected chi connectivity index (χ3v) is 12.7. The quantitative estimate of drug-likeness (QED) is 0.167.